The van der Waals surface area contributed by atoms with Crippen LogP contribution in [-0.4, -0.2) is 185 Å². The van der Waals surface area contributed by atoms with E-state index in [1.54, 1.807) is 85.4 Å². The van der Waals surface area contributed by atoms with Gasteiger partial charge in [0.2, 0.25) is 20.5 Å². The number of nitrogens with one attached hydrogen (secondary N) is 5. The molecule has 16 rings (SSSR count). The lowest BCUT2D eigenvalue weighted by atomic mass is 9.79. The van der Waals surface area contributed by atoms with Gasteiger partial charge < -0.3 is 54.9 Å². The summed E-state index contributed by atoms with van der Waals surface area (Å²) in [7, 11) is 15.2. The average Bonchev–Trinajstić information content (AvgIpc) is 1.70. The van der Waals surface area contributed by atoms with Crippen molar-refractivity contribution in [2.75, 3.05) is 54.9 Å². The van der Waals surface area contributed by atoms with Crippen LogP contribution in [-0.2, 0) is 27.3 Å². The average molecular weight is 1880 g/mol. The fourth-order valence-corrected chi connectivity index (χ4v) is 23.5. The zero-order chi connectivity index (χ0) is 95.6. The zero-order valence-corrected chi connectivity index (χ0v) is 83.4. The van der Waals surface area contributed by atoms with E-state index in [-0.39, 0.29) is 78.1 Å². The van der Waals surface area contributed by atoms with Gasteiger partial charge in [-0.2, -0.15) is 28.5 Å². The lowest BCUT2D eigenvalue weighted by Gasteiger charge is -2.48. The predicted molar refractivity (Wildman–Crippen MR) is 517 cm³/mol. The van der Waals surface area contributed by atoms with Gasteiger partial charge in [0.15, 0.2) is 10.0 Å². The summed E-state index contributed by atoms with van der Waals surface area (Å²) in [5.41, 5.74) is 11.2. The van der Waals surface area contributed by atoms with Gasteiger partial charge in [0.05, 0.1) is 41.9 Å². The van der Waals surface area contributed by atoms with Gasteiger partial charge in [0.25, 0.3) is 5.56 Å². The molecular formula is C95H125F6N23O3S4. The number of aryl methyl sites for hydroxylation is 6. The molecule has 0 saturated carbocycles. The van der Waals surface area contributed by atoms with Gasteiger partial charge in [0, 0.05) is 176 Å². The van der Waals surface area contributed by atoms with Crippen molar-refractivity contribution in [1.29, 1.82) is 0 Å². The molecule has 0 unspecified atom stereocenters. The second kappa shape index (κ2) is 37.4. The molecule has 26 nitrogen and oxygen atoms in total. The number of rotatable bonds is 18. The highest BCUT2D eigenvalue weighted by Gasteiger charge is 2.46. The van der Waals surface area contributed by atoms with Crippen molar-refractivity contribution in [2.45, 2.75) is 264 Å². The number of ether oxygens (including phenoxy) is 2. The van der Waals surface area contributed by atoms with Crippen LogP contribution in [0.2, 0.25) is 0 Å². The Hall–Kier alpha value is -10.1. The first kappa shape index (κ1) is 98.4. The van der Waals surface area contributed by atoms with Crippen LogP contribution in [0.4, 0.5) is 46.9 Å². The highest BCUT2D eigenvalue weighted by atomic mass is 32.1. The number of nitrogens with zero attached hydrogens (tertiary/aromatic N) is 18. The number of hydrogen-bond acceptors (Lipinski definition) is 26. The molecule has 4 fully saturated rings. The van der Waals surface area contributed by atoms with Crippen molar-refractivity contribution in [3.8, 4) is 98.3 Å². The number of pyridine rings is 1. The molecule has 0 radical (unpaired) electrons. The van der Waals surface area contributed by atoms with E-state index in [9.17, 15) is 31.1 Å². The fourth-order valence-electron chi connectivity index (χ4n) is 19.8. The number of aromatic nitrogens is 15. The predicted octanol–water partition coefficient (Wildman–Crippen LogP) is 20.2. The summed E-state index contributed by atoms with van der Waals surface area (Å²) in [6, 6.07) is 25.7. The van der Waals surface area contributed by atoms with Crippen LogP contribution in [0.3, 0.4) is 0 Å². The quantitative estimate of drug-likeness (QED) is 0.0500. The first-order valence-electron chi connectivity index (χ1n) is 43.9. The van der Waals surface area contributed by atoms with Crippen molar-refractivity contribution >= 4 is 65.9 Å². The smallest absolute Gasteiger partial charge is 0.496 e. The molecule has 36 heteroatoms. The molecule has 4 aliphatic rings. The van der Waals surface area contributed by atoms with Crippen molar-refractivity contribution in [1.82, 2.24) is 96.4 Å². The number of anilines is 4. The minimum absolute atomic E-state index is 0.0401. The van der Waals surface area contributed by atoms with Crippen LogP contribution in [0.15, 0.2) is 121 Å². The maximum Gasteiger partial charge on any atom is 0.573 e. The summed E-state index contributed by atoms with van der Waals surface area (Å²) in [5.74, 6) is 0.396. The van der Waals surface area contributed by atoms with Gasteiger partial charge in [-0.3, -0.25) is 19.3 Å². The number of aromatic amines is 1. The van der Waals surface area contributed by atoms with E-state index in [0.717, 1.165) is 123 Å². The maximum absolute atomic E-state index is 14.0. The Morgan fingerprint density at radius 3 is 1.08 bits per heavy atom. The largest absolute Gasteiger partial charge is 0.573 e. The molecule has 131 heavy (non-hydrogen) atoms. The third-order valence-corrected chi connectivity index (χ3v) is 28.7. The van der Waals surface area contributed by atoms with Gasteiger partial charge in [-0.15, -0.1) is 54.0 Å². The molecule has 0 atom stereocenters. The van der Waals surface area contributed by atoms with Crippen molar-refractivity contribution in [3.63, 3.8) is 0 Å². The van der Waals surface area contributed by atoms with Crippen LogP contribution < -0.4 is 55.9 Å². The summed E-state index contributed by atoms with van der Waals surface area (Å²) in [6.45, 7) is 41.7. The summed E-state index contributed by atoms with van der Waals surface area (Å²) < 4.78 is 96.7. The number of H-pyrrole nitrogens is 1. The second-order valence-corrected chi connectivity index (χ2v) is 44.6. The molecule has 8 aromatic heterocycles. The lowest BCUT2D eigenvalue weighted by Crippen LogP contribution is -2.61. The third-order valence-electron chi connectivity index (χ3n) is 24.5. The molecule has 4 aromatic carbocycles. The normalized spacial score (nSPS) is 18.1. The molecule has 0 aliphatic carbocycles. The Balaban J connectivity index is 0.000000149. The number of methoxy groups -OCH3 is 1. The summed E-state index contributed by atoms with van der Waals surface area (Å²) in [5, 5.41) is 71.2. The van der Waals surface area contributed by atoms with Crippen molar-refractivity contribution < 1.29 is 35.8 Å². The first-order valence-corrected chi connectivity index (χ1v) is 47.2. The van der Waals surface area contributed by atoms with E-state index in [1.807, 2.05) is 52.1 Å². The fraction of sp³-hybridized carbons (Fsp3) is 0.516. The maximum atomic E-state index is 14.0. The first-order chi connectivity index (χ1) is 60.9. The number of piperidine rings is 4. The van der Waals surface area contributed by atoms with Gasteiger partial charge >= 0.3 is 12.5 Å². The number of benzene rings is 4. The van der Waals surface area contributed by atoms with E-state index in [2.05, 4.69) is 275 Å². The summed E-state index contributed by atoms with van der Waals surface area (Å²) in [4.78, 5) is 20.8. The molecule has 0 bridgehead atoms. The van der Waals surface area contributed by atoms with Gasteiger partial charge in [-0.25, -0.2) is 0 Å². The molecule has 5 N–H and O–H groups in total. The Bertz CT molecular complexity index is 6000. The SMILES string of the molecule is CN(c1nnc(-c2ccc(-c3ccn(C)c(=O)c3)cc2OC(F)(F)F)s1)C1CC(C)(C)NC(C)(C)C1.CN(c1nnc(-c2ccc(-c3cnn(C)c3)cc2C(F)(F)F)s1)C1CC(C)(C)NC(C)(C)C1.COc1cc(-c2c(C)n[nH]c2C)ccc1-c1nnc(N(C)C2CC(C)(C)NC(C)(C)C2)s1.Cc1cc(-c2cnn(C)c2)ccc1-c1nnc(N(C)C2CC(C)(C)NC(C)(C)C2)s1. The topological polar surface area (TPSA) is 269 Å². The monoisotopic (exact) mass is 1880 g/mol. The number of halogens is 6. The standard InChI is InChI=1S/C25H30F3N5O2S.C24H34N6OS.C23H29F3N6S.C23H32N6S/c1-23(2)13-17(14-24(3,4)31-23)33(6)22-30-29-21(36-22)18-8-7-15(11-19(18)35-25(26,27)28)16-9-10-32(5)20(34)12-16;1-14-20(15(2)26-25-14)16-9-10-18(19(11-16)31-8)21-27-28-22(32-21)30(7)17-12-23(3,4)29-24(5,6)13-17;1-21(2)10-16(11-22(3,4)30-21)32(6)20-29-28-19(33-20)17-8-7-14(9-18(17)23(24,25)26)15-12-27-31(5)13-15;1-15-10-16(17-13-24-28(6)14-17)8-9-19(15)20-25-26-21(30-20)29(7)18-11-22(2,3)27-23(4,5)12-18/h7-12,17,31H,13-14H2,1-6H3;9-11,17,29H,12-13H2,1-8H3,(H,25,26);7-9,12-13,16,30H,10-11H2,1-6H3;8-10,13-14,18,27H,11-12H2,1-7H3. The Morgan fingerprint density at radius 1 is 0.412 bits per heavy atom. The highest BCUT2D eigenvalue weighted by molar-refractivity contribution is 7.19. The van der Waals surface area contributed by atoms with E-state index >= 15 is 0 Å². The molecular weight excluding hydrogens is 1750 g/mol. The minimum Gasteiger partial charge on any atom is -0.496 e. The van der Waals surface area contributed by atoms with Crippen LogP contribution in [0.25, 0.3) is 86.8 Å². The van der Waals surface area contributed by atoms with E-state index < -0.39 is 23.9 Å². The van der Waals surface area contributed by atoms with Crippen molar-refractivity contribution in [3.05, 3.63) is 149 Å². The molecule has 4 aliphatic heterocycles. The van der Waals surface area contributed by atoms with Gasteiger partial charge in [-0.1, -0.05) is 87.8 Å². The molecule has 0 amide bonds. The van der Waals surface area contributed by atoms with Gasteiger partial charge in [0.1, 0.15) is 21.5 Å². The van der Waals surface area contributed by atoms with Crippen LogP contribution in [0, 0.1) is 20.8 Å². The Kier molecular flexibility index (Phi) is 28.1. The Morgan fingerprint density at radius 2 is 0.740 bits per heavy atom. The van der Waals surface area contributed by atoms with E-state index in [4.69, 9.17) is 4.74 Å². The molecule has 0 spiro atoms. The van der Waals surface area contributed by atoms with Crippen LogP contribution in [0.1, 0.15) is 185 Å². The summed E-state index contributed by atoms with van der Waals surface area (Å²) in [6.07, 6.45) is 7.17. The van der Waals surface area contributed by atoms with Crippen LogP contribution >= 0.6 is 45.3 Å². The molecule has 12 aromatic rings. The number of alkyl halides is 6. The summed E-state index contributed by atoms with van der Waals surface area (Å²) >= 11 is 5.69. The van der Waals surface area contributed by atoms with E-state index in [1.165, 1.54) is 62.6 Å². The molecule has 704 valence electrons. The highest BCUT2D eigenvalue weighted by Crippen LogP contribution is 2.48. The Labute approximate surface area is 780 Å². The van der Waals surface area contributed by atoms with Gasteiger partial charge in [-0.05, 0) is 253 Å². The number of hydrogen-bond donors (Lipinski definition) is 5. The molecule has 4 saturated heterocycles. The molecule has 12 heterocycles. The minimum atomic E-state index is -4.89. The lowest BCUT2D eigenvalue weighted by molar-refractivity contribution is -0.274. The third kappa shape index (κ3) is 24.1. The van der Waals surface area contributed by atoms with E-state index in [0.29, 0.717) is 49.6 Å². The van der Waals surface area contributed by atoms with Crippen LogP contribution in [0.5, 0.6) is 11.5 Å². The zero-order valence-electron chi connectivity index (χ0n) is 80.1. The second-order valence-electron chi connectivity index (χ2n) is 40.8. The van der Waals surface area contributed by atoms with Crippen molar-refractivity contribution in [2.24, 2.45) is 21.1 Å².